The van der Waals surface area contributed by atoms with Crippen molar-refractivity contribution < 1.29 is 9.84 Å². The molecule has 0 saturated heterocycles. The van der Waals surface area contributed by atoms with Crippen molar-refractivity contribution in [2.24, 2.45) is 36.6 Å². The van der Waals surface area contributed by atoms with Crippen LogP contribution in [0.4, 0.5) is 0 Å². The third kappa shape index (κ3) is 1.22. The predicted octanol–water partition coefficient (Wildman–Crippen LogP) is 1.75. The number of hydrogen-bond acceptors (Lipinski definition) is 3. The Hall–Kier alpha value is -1.03. The van der Waals surface area contributed by atoms with E-state index in [-0.39, 0.29) is 0 Å². The van der Waals surface area contributed by atoms with Crippen LogP contribution in [0.3, 0.4) is 0 Å². The summed E-state index contributed by atoms with van der Waals surface area (Å²) in [6.45, 7) is 0. The monoisotopic (exact) mass is 248 g/mol. The lowest BCUT2D eigenvalue weighted by molar-refractivity contribution is 0.118. The van der Waals surface area contributed by atoms with Crippen LogP contribution in [0, 0.1) is 29.6 Å². The van der Waals surface area contributed by atoms with Crippen molar-refractivity contribution in [2.45, 2.75) is 25.4 Å². The highest BCUT2D eigenvalue weighted by Gasteiger charge is 2.67. The Morgan fingerprint density at radius 2 is 2.06 bits per heavy atom. The molecule has 3 aliphatic rings. The van der Waals surface area contributed by atoms with E-state index in [0.717, 1.165) is 35.1 Å². The highest BCUT2D eigenvalue weighted by molar-refractivity contribution is 5.30. The van der Waals surface area contributed by atoms with Crippen LogP contribution in [0.25, 0.3) is 0 Å². The summed E-state index contributed by atoms with van der Waals surface area (Å²) in [7, 11) is 3.53. The van der Waals surface area contributed by atoms with Crippen molar-refractivity contribution in [3.63, 3.8) is 0 Å². The van der Waals surface area contributed by atoms with Crippen molar-refractivity contribution in [3.8, 4) is 5.75 Å². The average molecular weight is 248 g/mol. The number of hydrogen-bond donors (Lipinski definition) is 1. The molecule has 5 unspecified atom stereocenters. The number of aliphatic hydroxyl groups excluding tert-OH is 1. The fourth-order valence-corrected chi connectivity index (χ4v) is 4.92. The van der Waals surface area contributed by atoms with Gasteiger partial charge in [-0.2, -0.15) is 5.10 Å². The van der Waals surface area contributed by atoms with Gasteiger partial charge in [0.15, 0.2) is 5.75 Å². The van der Waals surface area contributed by atoms with Crippen LogP contribution < -0.4 is 4.74 Å². The van der Waals surface area contributed by atoms with Gasteiger partial charge >= 0.3 is 0 Å². The van der Waals surface area contributed by atoms with E-state index < -0.39 is 6.10 Å². The molecule has 4 rings (SSSR count). The number of aliphatic hydroxyl groups is 1. The Morgan fingerprint density at radius 1 is 1.39 bits per heavy atom. The number of ether oxygens (including phenoxy) is 1. The zero-order valence-corrected chi connectivity index (χ0v) is 10.9. The molecule has 1 aromatic heterocycles. The van der Waals surface area contributed by atoms with Crippen LogP contribution in [0.5, 0.6) is 5.75 Å². The van der Waals surface area contributed by atoms with Gasteiger partial charge in [0.1, 0.15) is 11.8 Å². The molecule has 0 aromatic carbocycles. The summed E-state index contributed by atoms with van der Waals surface area (Å²) in [4.78, 5) is 0. The van der Waals surface area contributed by atoms with Crippen molar-refractivity contribution in [1.29, 1.82) is 0 Å². The molecule has 98 valence electrons. The Kier molecular flexibility index (Phi) is 2.11. The van der Waals surface area contributed by atoms with Crippen molar-refractivity contribution in [2.75, 3.05) is 7.11 Å². The summed E-state index contributed by atoms with van der Waals surface area (Å²) in [6, 6.07) is 0. The number of fused-ring (bicyclic) bond motifs is 5. The first-order valence-corrected chi connectivity index (χ1v) is 6.96. The van der Waals surface area contributed by atoms with E-state index in [4.69, 9.17) is 4.74 Å². The van der Waals surface area contributed by atoms with E-state index in [1.54, 1.807) is 18.0 Å². The first kappa shape index (κ1) is 10.9. The van der Waals surface area contributed by atoms with Gasteiger partial charge in [0.2, 0.25) is 0 Å². The Labute approximate surface area is 107 Å². The van der Waals surface area contributed by atoms with Gasteiger partial charge in [0.25, 0.3) is 0 Å². The second-order valence-corrected chi connectivity index (χ2v) is 6.23. The van der Waals surface area contributed by atoms with Crippen molar-refractivity contribution in [1.82, 2.24) is 9.78 Å². The average Bonchev–Trinajstić information content (AvgIpc) is 2.71. The van der Waals surface area contributed by atoms with Crippen molar-refractivity contribution >= 4 is 0 Å². The molecule has 4 heteroatoms. The molecule has 0 spiro atoms. The van der Waals surface area contributed by atoms with Gasteiger partial charge in [-0.05, 0) is 48.9 Å². The van der Waals surface area contributed by atoms with E-state index in [2.05, 4.69) is 5.10 Å². The van der Waals surface area contributed by atoms with Crippen LogP contribution in [0.1, 0.15) is 31.1 Å². The normalized spacial score (nSPS) is 41.8. The van der Waals surface area contributed by atoms with Crippen LogP contribution in [0.2, 0.25) is 0 Å². The zero-order chi connectivity index (χ0) is 12.4. The Bertz CT molecular complexity index is 468. The molecule has 3 saturated carbocycles. The van der Waals surface area contributed by atoms with E-state index >= 15 is 0 Å². The molecular weight excluding hydrogens is 228 g/mol. The highest BCUT2D eigenvalue weighted by atomic mass is 16.5. The first-order chi connectivity index (χ1) is 8.72. The highest BCUT2D eigenvalue weighted by Crippen LogP contribution is 2.72. The lowest BCUT2D eigenvalue weighted by Gasteiger charge is -2.16. The summed E-state index contributed by atoms with van der Waals surface area (Å²) >= 11 is 0. The van der Waals surface area contributed by atoms with Crippen LogP contribution >= 0.6 is 0 Å². The van der Waals surface area contributed by atoms with Crippen molar-refractivity contribution in [3.05, 3.63) is 11.9 Å². The SMILES string of the molecule is COc1cnn(C)c1C(O)C1C2C3CCC(C3)C21. The van der Waals surface area contributed by atoms with E-state index in [1.165, 1.54) is 19.3 Å². The largest absolute Gasteiger partial charge is 0.493 e. The number of rotatable bonds is 3. The molecule has 0 amide bonds. The maximum atomic E-state index is 10.7. The summed E-state index contributed by atoms with van der Waals surface area (Å²) < 4.78 is 7.08. The minimum Gasteiger partial charge on any atom is -0.493 e. The zero-order valence-electron chi connectivity index (χ0n) is 10.9. The predicted molar refractivity (Wildman–Crippen MR) is 66.0 cm³/mol. The van der Waals surface area contributed by atoms with Crippen LogP contribution in [-0.2, 0) is 7.05 Å². The Balaban J connectivity index is 1.61. The molecule has 0 radical (unpaired) electrons. The third-order valence-corrected chi connectivity index (χ3v) is 5.61. The fourth-order valence-electron chi connectivity index (χ4n) is 4.92. The maximum absolute atomic E-state index is 10.7. The van der Waals surface area contributed by atoms with E-state index in [9.17, 15) is 5.11 Å². The van der Waals surface area contributed by atoms with Gasteiger partial charge in [0, 0.05) is 7.05 Å². The van der Waals surface area contributed by atoms with Gasteiger partial charge in [-0.3, -0.25) is 4.68 Å². The minimum absolute atomic E-state index is 0.397. The molecule has 1 aromatic rings. The lowest BCUT2D eigenvalue weighted by atomic mass is 9.97. The van der Waals surface area contributed by atoms with Gasteiger partial charge in [-0.25, -0.2) is 0 Å². The standard InChI is InChI=1S/C14H20N2O2/c1-16-13(9(18-2)6-15-16)14(17)12-10-7-3-4-8(5-7)11(10)12/h6-8,10-12,14,17H,3-5H2,1-2H3. The molecule has 3 aliphatic carbocycles. The molecule has 1 N–H and O–H groups in total. The summed E-state index contributed by atoms with van der Waals surface area (Å²) in [5.41, 5.74) is 0.858. The molecule has 2 bridgehead atoms. The molecule has 3 fully saturated rings. The molecule has 5 atom stereocenters. The number of nitrogens with zero attached hydrogens (tertiary/aromatic N) is 2. The maximum Gasteiger partial charge on any atom is 0.162 e. The number of methoxy groups -OCH3 is 1. The summed E-state index contributed by atoms with van der Waals surface area (Å²) in [5, 5.41) is 14.9. The summed E-state index contributed by atoms with van der Waals surface area (Å²) in [6.07, 6.45) is 5.49. The second kappa shape index (κ2) is 3.50. The molecule has 1 heterocycles. The third-order valence-electron chi connectivity index (χ3n) is 5.61. The quantitative estimate of drug-likeness (QED) is 0.886. The van der Waals surface area contributed by atoms with E-state index in [1.807, 2.05) is 7.05 Å². The van der Waals surface area contributed by atoms with Crippen LogP contribution in [0.15, 0.2) is 6.20 Å². The second-order valence-electron chi connectivity index (χ2n) is 6.23. The minimum atomic E-state index is -0.397. The number of aromatic nitrogens is 2. The fraction of sp³-hybridized carbons (Fsp3) is 0.786. The van der Waals surface area contributed by atoms with Gasteiger partial charge in [-0.1, -0.05) is 0 Å². The van der Waals surface area contributed by atoms with Gasteiger partial charge in [0.05, 0.1) is 13.3 Å². The van der Waals surface area contributed by atoms with Crippen LogP contribution in [-0.4, -0.2) is 22.0 Å². The molecular formula is C14H20N2O2. The summed E-state index contributed by atoms with van der Waals surface area (Å²) in [5.74, 6) is 4.51. The molecule has 4 nitrogen and oxygen atoms in total. The Morgan fingerprint density at radius 3 is 2.67 bits per heavy atom. The lowest BCUT2D eigenvalue weighted by Crippen LogP contribution is -2.13. The smallest absolute Gasteiger partial charge is 0.162 e. The first-order valence-electron chi connectivity index (χ1n) is 6.96. The van der Waals surface area contributed by atoms with Gasteiger partial charge < -0.3 is 9.84 Å². The van der Waals surface area contributed by atoms with E-state index in [0.29, 0.717) is 5.92 Å². The molecule has 18 heavy (non-hydrogen) atoms. The topological polar surface area (TPSA) is 47.3 Å². The van der Waals surface area contributed by atoms with Gasteiger partial charge in [-0.15, -0.1) is 0 Å². The number of aryl methyl sites for hydroxylation is 1. The molecule has 0 aliphatic heterocycles.